The van der Waals surface area contributed by atoms with Gasteiger partial charge in [-0.3, -0.25) is 0 Å². The van der Waals surface area contributed by atoms with E-state index in [-0.39, 0.29) is 6.10 Å². The molecular weight excluding hydrogens is 315 g/mol. The molecule has 0 fully saturated rings. The Balaban J connectivity index is 1.94. The molecule has 0 spiro atoms. The Morgan fingerprint density at radius 3 is 2.55 bits per heavy atom. The van der Waals surface area contributed by atoms with Crippen molar-refractivity contribution in [1.82, 2.24) is 0 Å². The molecule has 2 aromatic carbocycles. The third-order valence-corrected chi connectivity index (χ3v) is 3.26. The average molecular weight is 330 g/mol. The van der Waals surface area contributed by atoms with Crippen molar-refractivity contribution in [2.45, 2.75) is 19.2 Å². The maximum Gasteiger partial charge on any atom is 0.416 e. The molecular formula is C16H15ClF3NO. The summed E-state index contributed by atoms with van der Waals surface area (Å²) < 4.78 is 43.5. The molecule has 0 radical (unpaired) electrons. The van der Waals surface area contributed by atoms with Crippen LogP contribution in [0, 0.1) is 0 Å². The van der Waals surface area contributed by atoms with E-state index in [9.17, 15) is 13.2 Å². The molecule has 1 atom stereocenters. The molecule has 0 aromatic heterocycles. The van der Waals surface area contributed by atoms with Crippen molar-refractivity contribution in [3.8, 4) is 5.75 Å². The lowest BCUT2D eigenvalue weighted by atomic mass is 10.2. The normalized spacial score (nSPS) is 12.8. The third-order valence-electron chi connectivity index (χ3n) is 2.95. The molecule has 2 aromatic rings. The van der Waals surface area contributed by atoms with Gasteiger partial charge in [0.05, 0.1) is 17.1 Å². The summed E-state index contributed by atoms with van der Waals surface area (Å²) in [4.78, 5) is 0. The topological polar surface area (TPSA) is 21.3 Å². The molecule has 118 valence electrons. The summed E-state index contributed by atoms with van der Waals surface area (Å²) in [6, 6.07) is 12.1. The maximum absolute atomic E-state index is 12.6. The number of hydrogen-bond donors (Lipinski definition) is 1. The maximum atomic E-state index is 12.6. The molecule has 0 amide bonds. The fourth-order valence-corrected chi connectivity index (χ4v) is 2.05. The van der Waals surface area contributed by atoms with Gasteiger partial charge in [-0.2, -0.15) is 13.2 Å². The van der Waals surface area contributed by atoms with E-state index in [1.807, 2.05) is 6.92 Å². The predicted octanol–water partition coefficient (Wildman–Crippen LogP) is 5.24. The van der Waals surface area contributed by atoms with E-state index >= 15 is 0 Å². The van der Waals surface area contributed by atoms with Gasteiger partial charge in [-0.1, -0.05) is 29.8 Å². The minimum Gasteiger partial charge on any atom is -0.487 e. The van der Waals surface area contributed by atoms with E-state index in [0.29, 0.717) is 23.0 Å². The molecule has 0 saturated heterocycles. The first-order valence-electron chi connectivity index (χ1n) is 6.68. The molecule has 2 nitrogen and oxygen atoms in total. The van der Waals surface area contributed by atoms with Gasteiger partial charge in [0.25, 0.3) is 0 Å². The number of alkyl halides is 3. The summed E-state index contributed by atoms with van der Waals surface area (Å²) in [6.45, 7) is 2.16. The Labute approximate surface area is 131 Å². The average Bonchev–Trinajstić information content (AvgIpc) is 2.47. The molecule has 0 heterocycles. The van der Waals surface area contributed by atoms with Gasteiger partial charge in [0.1, 0.15) is 11.9 Å². The minimum atomic E-state index is -4.35. The van der Waals surface area contributed by atoms with Crippen LogP contribution in [0.15, 0.2) is 48.5 Å². The van der Waals surface area contributed by atoms with Crippen LogP contribution in [0.2, 0.25) is 5.02 Å². The number of nitrogens with one attached hydrogen (secondary N) is 1. The monoisotopic (exact) mass is 329 g/mol. The summed E-state index contributed by atoms with van der Waals surface area (Å²) in [6.07, 6.45) is -4.60. The van der Waals surface area contributed by atoms with E-state index in [2.05, 4.69) is 5.32 Å². The lowest BCUT2D eigenvalue weighted by Gasteiger charge is -2.17. The van der Waals surface area contributed by atoms with Gasteiger partial charge >= 0.3 is 6.18 Å². The third kappa shape index (κ3) is 4.56. The van der Waals surface area contributed by atoms with E-state index in [1.54, 1.807) is 30.3 Å². The van der Waals surface area contributed by atoms with E-state index in [0.717, 1.165) is 12.1 Å². The highest BCUT2D eigenvalue weighted by Crippen LogP contribution is 2.30. The van der Waals surface area contributed by atoms with Crippen LogP contribution in [0.4, 0.5) is 18.9 Å². The van der Waals surface area contributed by atoms with E-state index in [4.69, 9.17) is 16.3 Å². The highest BCUT2D eigenvalue weighted by Gasteiger charge is 2.30. The molecule has 22 heavy (non-hydrogen) atoms. The van der Waals surface area contributed by atoms with Crippen molar-refractivity contribution < 1.29 is 17.9 Å². The van der Waals surface area contributed by atoms with Crippen molar-refractivity contribution in [3.05, 3.63) is 59.1 Å². The highest BCUT2D eigenvalue weighted by atomic mass is 35.5. The smallest absolute Gasteiger partial charge is 0.416 e. The molecule has 2 rings (SSSR count). The van der Waals surface area contributed by atoms with Crippen LogP contribution < -0.4 is 10.1 Å². The van der Waals surface area contributed by atoms with Crippen LogP contribution in [0.5, 0.6) is 5.75 Å². The SMILES string of the molecule is C[C@@H](CNc1cccc(C(F)(F)F)c1)Oc1ccccc1Cl. The standard InChI is InChI=1S/C16H15ClF3NO/c1-11(22-15-8-3-2-7-14(15)17)10-21-13-6-4-5-12(9-13)16(18,19)20/h2-9,11,21H,10H2,1H3/t11-/m0/s1. The zero-order valence-corrected chi connectivity index (χ0v) is 12.6. The summed E-state index contributed by atoms with van der Waals surface area (Å²) in [5.41, 5.74) is -0.290. The van der Waals surface area contributed by atoms with Gasteiger partial charge < -0.3 is 10.1 Å². The van der Waals surface area contributed by atoms with E-state index < -0.39 is 11.7 Å². The lowest BCUT2D eigenvalue weighted by Crippen LogP contribution is -2.23. The number of ether oxygens (including phenoxy) is 1. The Morgan fingerprint density at radius 2 is 1.86 bits per heavy atom. The number of rotatable bonds is 5. The van der Waals surface area contributed by atoms with Crippen molar-refractivity contribution in [3.63, 3.8) is 0 Å². The molecule has 0 aliphatic carbocycles. The molecule has 0 bridgehead atoms. The first-order valence-corrected chi connectivity index (χ1v) is 7.06. The van der Waals surface area contributed by atoms with Crippen LogP contribution in [0.1, 0.15) is 12.5 Å². The van der Waals surface area contributed by atoms with Crippen LogP contribution in [-0.4, -0.2) is 12.6 Å². The zero-order valence-electron chi connectivity index (χ0n) is 11.8. The van der Waals surface area contributed by atoms with Gasteiger partial charge in [-0.15, -0.1) is 0 Å². The largest absolute Gasteiger partial charge is 0.487 e. The first kappa shape index (κ1) is 16.5. The molecule has 0 aliphatic heterocycles. The second-order valence-corrected chi connectivity index (χ2v) is 5.23. The van der Waals surface area contributed by atoms with Gasteiger partial charge in [0.15, 0.2) is 0 Å². The molecule has 0 saturated carbocycles. The number of para-hydroxylation sites is 1. The molecule has 0 aliphatic rings. The molecule has 6 heteroatoms. The highest BCUT2D eigenvalue weighted by molar-refractivity contribution is 6.32. The van der Waals surface area contributed by atoms with Gasteiger partial charge in [-0.05, 0) is 37.3 Å². The predicted molar refractivity (Wildman–Crippen MR) is 81.5 cm³/mol. The van der Waals surface area contributed by atoms with Gasteiger partial charge in [-0.25, -0.2) is 0 Å². The summed E-state index contributed by atoms with van der Waals surface area (Å²) in [5, 5.41) is 3.42. The Hall–Kier alpha value is -1.88. The van der Waals surface area contributed by atoms with Crippen LogP contribution in [0.3, 0.4) is 0 Å². The van der Waals surface area contributed by atoms with Crippen LogP contribution >= 0.6 is 11.6 Å². The summed E-state index contributed by atoms with van der Waals surface area (Å²) in [5.74, 6) is 0.544. The van der Waals surface area contributed by atoms with E-state index in [1.165, 1.54) is 6.07 Å². The Bertz CT molecular complexity index is 631. The fraction of sp³-hybridized carbons (Fsp3) is 0.250. The first-order chi connectivity index (χ1) is 10.4. The quantitative estimate of drug-likeness (QED) is 0.810. The number of halogens is 4. The Morgan fingerprint density at radius 1 is 1.14 bits per heavy atom. The number of anilines is 1. The molecule has 0 unspecified atom stereocenters. The van der Waals surface area contributed by atoms with Crippen molar-refractivity contribution in [2.24, 2.45) is 0 Å². The van der Waals surface area contributed by atoms with Crippen molar-refractivity contribution in [2.75, 3.05) is 11.9 Å². The fourth-order valence-electron chi connectivity index (χ4n) is 1.87. The lowest BCUT2D eigenvalue weighted by molar-refractivity contribution is -0.137. The van der Waals surface area contributed by atoms with Crippen molar-refractivity contribution >= 4 is 17.3 Å². The Kier molecular flexibility index (Phi) is 5.19. The number of benzene rings is 2. The second kappa shape index (κ2) is 6.92. The van der Waals surface area contributed by atoms with Gasteiger partial charge in [0.2, 0.25) is 0 Å². The summed E-state index contributed by atoms with van der Waals surface area (Å²) in [7, 11) is 0. The van der Waals surface area contributed by atoms with Crippen LogP contribution in [-0.2, 0) is 6.18 Å². The second-order valence-electron chi connectivity index (χ2n) is 4.82. The molecule has 1 N–H and O–H groups in total. The van der Waals surface area contributed by atoms with Gasteiger partial charge in [0, 0.05) is 5.69 Å². The van der Waals surface area contributed by atoms with Crippen LogP contribution in [0.25, 0.3) is 0 Å². The number of hydrogen-bond acceptors (Lipinski definition) is 2. The van der Waals surface area contributed by atoms with Crippen molar-refractivity contribution in [1.29, 1.82) is 0 Å². The zero-order chi connectivity index (χ0) is 16.2. The summed E-state index contributed by atoms with van der Waals surface area (Å²) >= 11 is 5.99. The minimum absolute atomic E-state index is 0.255.